The van der Waals surface area contributed by atoms with E-state index in [-0.39, 0.29) is 23.9 Å². The lowest BCUT2D eigenvalue weighted by Gasteiger charge is -2.23. The van der Waals surface area contributed by atoms with Gasteiger partial charge in [0, 0.05) is 6.54 Å². The van der Waals surface area contributed by atoms with E-state index in [9.17, 15) is 14.0 Å². The minimum Gasteiger partial charge on any atom is -0.478 e. The summed E-state index contributed by atoms with van der Waals surface area (Å²) in [5, 5.41) is 20.6. The molecule has 0 saturated carbocycles. The third-order valence-electron chi connectivity index (χ3n) is 3.30. The Bertz CT molecular complexity index is 535. The number of carbonyl (C=O) groups excluding carboxylic acids is 1. The van der Waals surface area contributed by atoms with Crippen molar-refractivity contribution < 1.29 is 24.2 Å². The van der Waals surface area contributed by atoms with E-state index < -0.39 is 17.8 Å². The van der Waals surface area contributed by atoms with Crippen LogP contribution in [0.5, 0.6) is 0 Å². The maximum absolute atomic E-state index is 13.0. The quantitative estimate of drug-likeness (QED) is 0.784. The molecule has 20 heavy (non-hydrogen) atoms. The van der Waals surface area contributed by atoms with E-state index in [1.807, 2.05) is 0 Å². The van der Waals surface area contributed by atoms with Gasteiger partial charge in [-0.3, -0.25) is 0 Å². The van der Waals surface area contributed by atoms with Gasteiger partial charge in [0.2, 0.25) is 0 Å². The summed E-state index contributed by atoms with van der Waals surface area (Å²) in [6.07, 6.45) is 1.49. The van der Waals surface area contributed by atoms with E-state index in [1.54, 1.807) is 0 Å². The average molecular weight is 282 g/mol. The Kier molecular flexibility index (Phi) is 4.19. The number of likely N-dealkylation sites (tertiary alicyclic amines) is 1. The van der Waals surface area contributed by atoms with Gasteiger partial charge in [-0.25, -0.2) is 14.0 Å². The minimum atomic E-state index is -1.32. The molecule has 1 heterocycles. The fourth-order valence-corrected chi connectivity index (χ4v) is 2.28. The average Bonchev–Trinajstić information content (AvgIpc) is 2.89. The van der Waals surface area contributed by atoms with Crippen molar-refractivity contribution in [1.82, 2.24) is 4.90 Å². The van der Waals surface area contributed by atoms with Gasteiger partial charge in [-0.2, -0.15) is 0 Å². The number of amides is 2. The van der Waals surface area contributed by atoms with E-state index in [0.29, 0.717) is 13.0 Å². The van der Waals surface area contributed by atoms with Gasteiger partial charge in [0.15, 0.2) is 0 Å². The molecule has 1 aromatic carbocycles. The van der Waals surface area contributed by atoms with E-state index >= 15 is 0 Å². The number of hydrogen-bond donors (Lipinski definition) is 3. The molecule has 2 amide bonds. The van der Waals surface area contributed by atoms with Gasteiger partial charge in [-0.1, -0.05) is 0 Å². The standard InChI is InChI=1S/C13H15FN2O4/c14-8-3-4-11(10(6-8)12(18)19)15-13(20)16-5-1-2-9(16)7-17/h3-4,6,9,17H,1-2,5,7H2,(H,15,20)(H,18,19). The molecule has 1 aliphatic rings. The Hall–Kier alpha value is -2.15. The number of carboxylic acids is 1. The number of halogens is 1. The molecule has 0 radical (unpaired) electrons. The van der Waals surface area contributed by atoms with Gasteiger partial charge >= 0.3 is 12.0 Å². The molecule has 3 N–H and O–H groups in total. The predicted molar refractivity (Wildman–Crippen MR) is 69.2 cm³/mol. The number of aliphatic hydroxyl groups excluding tert-OH is 1. The second-order valence-electron chi connectivity index (χ2n) is 4.60. The molecule has 108 valence electrons. The van der Waals surface area contributed by atoms with Crippen molar-refractivity contribution in [1.29, 1.82) is 0 Å². The highest BCUT2D eigenvalue weighted by molar-refractivity contribution is 6.00. The number of nitrogens with zero attached hydrogens (tertiary/aromatic N) is 1. The van der Waals surface area contributed by atoms with Crippen molar-refractivity contribution in [3.05, 3.63) is 29.6 Å². The second-order valence-corrected chi connectivity index (χ2v) is 4.60. The summed E-state index contributed by atoms with van der Waals surface area (Å²) in [6.45, 7) is 0.364. The van der Waals surface area contributed by atoms with Gasteiger partial charge in [-0.05, 0) is 31.0 Å². The van der Waals surface area contributed by atoms with Gasteiger partial charge in [-0.15, -0.1) is 0 Å². The molecule has 1 fully saturated rings. The molecule has 1 aliphatic heterocycles. The zero-order chi connectivity index (χ0) is 14.7. The number of urea groups is 1. The smallest absolute Gasteiger partial charge is 0.337 e. The maximum atomic E-state index is 13.0. The third-order valence-corrected chi connectivity index (χ3v) is 3.30. The Morgan fingerprint density at radius 2 is 2.20 bits per heavy atom. The van der Waals surface area contributed by atoms with Crippen LogP contribution in [0.3, 0.4) is 0 Å². The number of aliphatic hydroxyl groups is 1. The van der Waals surface area contributed by atoms with Crippen LogP contribution in [0.15, 0.2) is 18.2 Å². The highest BCUT2D eigenvalue weighted by Gasteiger charge is 2.28. The van der Waals surface area contributed by atoms with Crippen LogP contribution in [0, 0.1) is 5.82 Å². The number of carboxylic acid groups (broad SMARTS) is 1. The van der Waals surface area contributed by atoms with Crippen LogP contribution in [-0.4, -0.2) is 46.3 Å². The molecule has 0 aliphatic carbocycles. The summed E-state index contributed by atoms with van der Waals surface area (Å²) in [6, 6.07) is 2.39. The van der Waals surface area contributed by atoms with Crippen LogP contribution in [0.4, 0.5) is 14.9 Å². The highest BCUT2D eigenvalue weighted by atomic mass is 19.1. The van der Waals surface area contributed by atoms with Crippen molar-refractivity contribution in [2.45, 2.75) is 18.9 Å². The van der Waals surface area contributed by atoms with Crippen LogP contribution in [0.25, 0.3) is 0 Å². The molecule has 7 heteroatoms. The molecule has 1 saturated heterocycles. The number of rotatable bonds is 3. The summed E-state index contributed by atoms with van der Waals surface area (Å²) in [4.78, 5) is 24.5. The van der Waals surface area contributed by atoms with E-state index in [0.717, 1.165) is 18.6 Å². The van der Waals surface area contributed by atoms with Crippen LogP contribution in [-0.2, 0) is 0 Å². The van der Waals surface area contributed by atoms with Gasteiger partial charge in [0.1, 0.15) is 5.82 Å². The fraction of sp³-hybridized carbons (Fsp3) is 0.385. The largest absolute Gasteiger partial charge is 0.478 e. The molecule has 1 aromatic rings. The minimum absolute atomic E-state index is 0.0347. The Labute approximate surface area is 114 Å². The number of hydrogen-bond acceptors (Lipinski definition) is 3. The topological polar surface area (TPSA) is 89.9 Å². The third kappa shape index (κ3) is 2.88. The summed E-state index contributed by atoms with van der Waals surface area (Å²) in [5.41, 5.74) is -0.273. The first-order chi connectivity index (χ1) is 9.52. The van der Waals surface area contributed by atoms with Crippen LogP contribution in [0.1, 0.15) is 23.2 Å². The Morgan fingerprint density at radius 1 is 1.45 bits per heavy atom. The zero-order valence-corrected chi connectivity index (χ0v) is 10.7. The molecule has 2 rings (SSSR count). The van der Waals surface area contributed by atoms with Crippen LogP contribution >= 0.6 is 0 Å². The number of benzene rings is 1. The van der Waals surface area contributed by atoms with Crippen molar-refractivity contribution in [3.8, 4) is 0 Å². The monoisotopic (exact) mass is 282 g/mol. The van der Waals surface area contributed by atoms with Gasteiger partial charge in [0.05, 0.1) is 23.9 Å². The maximum Gasteiger partial charge on any atom is 0.337 e. The second kappa shape index (κ2) is 5.87. The summed E-state index contributed by atoms with van der Waals surface area (Å²) < 4.78 is 13.0. The van der Waals surface area contributed by atoms with E-state index in [1.165, 1.54) is 11.0 Å². The molecule has 1 unspecified atom stereocenters. The first kappa shape index (κ1) is 14.3. The molecule has 0 aromatic heterocycles. The summed E-state index contributed by atoms with van der Waals surface area (Å²) in [5.74, 6) is -2.00. The number of nitrogens with one attached hydrogen (secondary N) is 1. The number of aromatic carboxylic acids is 1. The van der Waals surface area contributed by atoms with Gasteiger partial charge in [0.25, 0.3) is 0 Å². The highest BCUT2D eigenvalue weighted by Crippen LogP contribution is 2.21. The van der Waals surface area contributed by atoms with Crippen molar-refractivity contribution in [2.75, 3.05) is 18.5 Å². The van der Waals surface area contributed by atoms with E-state index in [4.69, 9.17) is 10.2 Å². The SMILES string of the molecule is O=C(O)c1cc(F)ccc1NC(=O)N1CCCC1CO. The summed E-state index contributed by atoms with van der Waals surface area (Å²) in [7, 11) is 0. The molecule has 0 bridgehead atoms. The van der Waals surface area contributed by atoms with Crippen molar-refractivity contribution in [2.24, 2.45) is 0 Å². The normalized spacial score (nSPS) is 18.1. The zero-order valence-electron chi connectivity index (χ0n) is 10.7. The molecular weight excluding hydrogens is 267 g/mol. The Morgan fingerprint density at radius 3 is 2.85 bits per heavy atom. The number of anilines is 1. The van der Waals surface area contributed by atoms with Gasteiger partial charge < -0.3 is 20.4 Å². The van der Waals surface area contributed by atoms with E-state index in [2.05, 4.69) is 5.32 Å². The Balaban J connectivity index is 2.17. The predicted octanol–water partition coefficient (Wildman–Crippen LogP) is 1.51. The molecular formula is C13H15FN2O4. The first-order valence-corrected chi connectivity index (χ1v) is 6.24. The lowest BCUT2D eigenvalue weighted by atomic mass is 10.1. The van der Waals surface area contributed by atoms with Crippen LogP contribution in [0.2, 0.25) is 0 Å². The molecule has 1 atom stereocenters. The summed E-state index contributed by atoms with van der Waals surface area (Å²) >= 11 is 0. The van der Waals surface area contributed by atoms with Crippen molar-refractivity contribution in [3.63, 3.8) is 0 Å². The first-order valence-electron chi connectivity index (χ1n) is 6.24. The molecule has 0 spiro atoms. The lowest BCUT2D eigenvalue weighted by molar-refractivity contribution is 0.0697. The number of carbonyl (C=O) groups is 2. The fourth-order valence-electron chi connectivity index (χ4n) is 2.28. The molecule has 6 nitrogen and oxygen atoms in total. The van der Waals surface area contributed by atoms with Crippen molar-refractivity contribution >= 4 is 17.7 Å². The van der Waals surface area contributed by atoms with Crippen LogP contribution < -0.4 is 5.32 Å². The lowest BCUT2D eigenvalue weighted by Crippen LogP contribution is -2.40.